The molecule has 4 nitrogen and oxygen atoms in total. The Bertz CT molecular complexity index is 906. The number of aryl methyl sites for hydroxylation is 1. The maximum absolute atomic E-state index is 13.0. The number of hydrogen-bond acceptors (Lipinski definition) is 4. The second-order valence-electron chi connectivity index (χ2n) is 8.53. The molecule has 4 rings (SSSR count). The molecule has 0 amide bonds. The van der Waals surface area contributed by atoms with Crippen LogP contribution in [0, 0.1) is 5.92 Å². The molecule has 0 unspecified atom stereocenters. The first-order valence-electron chi connectivity index (χ1n) is 10.9. The summed E-state index contributed by atoms with van der Waals surface area (Å²) in [6, 6.07) is 16.4. The average Bonchev–Trinajstić information content (AvgIpc) is 2.95. The Balaban J connectivity index is 1.46. The summed E-state index contributed by atoms with van der Waals surface area (Å²) >= 11 is 0. The van der Waals surface area contributed by atoms with Gasteiger partial charge in [0.1, 0.15) is 0 Å². The largest absolute Gasteiger partial charge is 0.317 e. The maximum atomic E-state index is 13.0. The number of nitrogens with one attached hydrogen (secondary N) is 1. The van der Waals surface area contributed by atoms with Gasteiger partial charge in [-0.15, -0.1) is 0 Å². The van der Waals surface area contributed by atoms with Crippen molar-refractivity contribution in [2.45, 2.75) is 50.1 Å². The Morgan fingerprint density at radius 3 is 2.59 bits per heavy atom. The summed E-state index contributed by atoms with van der Waals surface area (Å²) in [6.45, 7) is 4.80. The van der Waals surface area contributed by atoms with Crippen LogP contribution in [0.25, 0.3) is 0 Å². The number of benzene rings is 2. The van der Waals surface area contributed by atoms with E-state index in [0.29, 0.717) is 10.8 Å². The van der Waals surface area contributed by atoms with Crippen LogP contribution in [0.5, 0.6) is 0 Å². The fourth-order valence-electron chi connectivity index (χ4n) is 4.59. The third-order valence-electron chi connectivity index (χ3n) is 6.35. The molecule has 1 N–H and O–H groups in total. The fourth-order valence-corrected chi connectivity index (χ4v) is 6.06. The Hall–Kier alpha value is -1.69. The second kappa shape index (κ2) is 9.41. The van der Waals surface area contributed by atoms with Gasteiger partial charge >= 0.3 is 0 Å². The van der Waals surface area contributed by atoms with E-state index in [1.165, 1.54) is 16.7 Å². The quantitative estimate of drug-likeness (QED) is 0.784. The highest BCUT2D eigenvalue weighted by atomic mass is 32.2. The molecule has 0 bridgehead atoms. The lowest BCUT2D eigenvalue weighted by Gasteiger charge is -2.22. The summed E-state index contributed by atoms with van der Waals surface area (Å²) in [5.74, 6) is 0.803. The van der Waals surface area contributed by atoms with E-state index in [-0.39, 0.29) is 5.75 Å². The van der Waals surface area contributed by atoms with Crippen molar-refractivity contribution in [2.75, 3.05) is 25.4 Å². The van der Waals surface area contributed by atoms with Crippen LogP contribution in [0.4, 0.5) is 0 Å². The topological polar surface area (TPSA) is 49.4 Å². The Morgan fingerprint density at radius 1 is 1.00 bits per heavy atom. The first kappa shape index (κ1) is 20.6. The van der Waals surface area contributed by atoms with Gasteiger partial charge in [0, 0.05) is 13.1 Å². The van der Waals surface area contributed by atoms with Crippen molar-refractivity contribution >= 4 is 9.84 Å². The van der Waals surface area contributed by atoms with Crippen LogP contribution >= 0.6 is 0 Å². The Morgan fingerprint density at radius 2 is 1.79 bits per heavy atom. The number of fused-ring (bicyclic) bond motifs is 1. The van der Waals surface area contributed by atoms with Crippen LogP contribution in [0.1, 0.15) is 42.4 Å². The molecule has 0 aromatic heterocycles. The molecule has 0 saturated carbocycles. The number of rotatable bonds is 6. The van der Waals surface area contributed by atoms with Gasteiger partial charge in [-0.1, -0.05) is 36.4 Å². The second-order valence-corrected chi connectivity index (χ2v) is 10.6. The predicted molar refractivity (Wildman–Crippen MR) is 118 cm³/mol. The van der Waals surface area contributed by atoms with Crippen molar-refractivity contribution in [3.8, 4) is 0 Å². The van der Waals surface area contributed by atoms with Gasteiger partial charge in [-0.2, -0.15) is 0 Å². The van der Waals surface area contributed by atoms with Crippen LogP contribution in [0.2, 0.25) is 0 Å². The molecule has 0 atom stereocenters. The summed E-state index contributed by atoms with van der Waals surface area (Å²) < 4.78 is 26.0. The first-order valence-corrected chi connectivity index (χ1v) is 12.6. The third-order valence-corrected chi connectivity index (χ3v) is 8.10. The van der Waals surface area contributed by atoms with Crippen LogP contribution in [-0.4, -0.2) is 38.7 Å². The zero-order chi connectivity index (χ0) is 20.1. The zero-order valence-electron chi connectivity index (χ0n) is 17.1. The van der Waals surface area contributed by atoms with E-state index in [0.717, 1.165) is 64.8 Å². The predicted octanol–water partition coefficient (Wildman–Crippen LogP) is 3.80. The smallest absolute Gasteiger partial charge is 0.178 e. The van der Waals surface area contributed by atoms with Crippen molar-refractivity contribution < 1.29 is 8.42 Å². The van der Waals surface area contributed by atoms with Gasteiger partial charge in [0.25, 0.3) is 0 Å². The molecule has 2 heterocycles. The minimum absolute atomic E-state index is 0.268. The summed E-state index contributed by atoms with van der Waals surface area (Å²) in [4.78, 5) is 2.94. The lowest BCUT2D eigenvalue weighted by Crippen LogP contribution is -2.28. The minimum atomic E-state index is -3.22. The van der Waals surface area contributed by atoms with Gasteiger partial charge < -0.3 is 5.32 Å². The SMILES string of the molecule is O=S(=O)(CCC1CCNCC1)c1ccc2c(c1)CN(Cc1ccccc1)CCC2. The normalized spacial score (nSPS) is 18.9. The van der Waals surface area contributed by atoms with Gasteiger partial charge in [-0.3, -0.25) is 4.90 Å². The van der Waals surface area contributed by atoms with E-state index in [1.807, 2.05) is 18.2 Å². The summed E-state index contributed by atoms with van der Waals surface area (Å²) in [7, 11) is -3.22. The minimum Gasteiger partial charge on any atom is -0.317 e. The third kappa shape index (κ3) is 5.47. The average molecular weight is 413 g/mol. The van der Waals surface area contributed by atoms with Gasteiger partial charge in [0.2, 0.25) is 0 Å². The molecule has 0 radical (unpaired) electrons. The van der Waals surface area contributed by atoms with E-state index in [9.17, 15) is 8.42 Å². The van der Waals surface area contributed by atoms with Gasteiger partial charge in [0.05, 0.1) is 10.6 Å². The Labute approximate surface area is 175 Å². The van der Waals surface area contributed by atoms with Gasteiger partial charge in [0.15, 0.2) is 9.84 Å². The summed E-state index contributed by atoms with van der Waals surface area (Å²) in [5.41, 5.74) is 3.79. The lowest BCUT2D eigenvalue weighted by molar-refractivity contribution is 0.261. The van der Waals surface area contributed by atoms with Crippen molar-refractivity contribution in [1.82, 2.24) is 10.2 Å². The highest BCUT2D eigenvalue weighted by Crippen LogP contribution is 2.25. The van der Waals surface area contributed by atoms with Crippen molar-refractivity contribution in [3.63, 3.8) is 0 Å². The fraction of sp³-hybridized carbons (Fsp3) is 0.500. The van der Waals surface area contributed by atoms with Crippen LogP contribution in [-0.2, 0) is 29.3 Å². The van der Waals surface area contributed by atoms with Gasteiger partial charge in [-0.05, 0) is 86.5 Å². The zero-order valence-corrected chi connectivity index (χ0v) is 18.0. The molecule has 2 aliphatic rings. The van der Waals surface area contributed by atoms with E-state index < -0.39 is 9.84 Å². The first-order chi connectivity index (χ1) is 14.1. The Kier molecular flexibility index (Phi) is 6.68. The molecule has 156 valence electrons. The molecule has 2 aromatic rings. The van der Waals surface area contributed by atoms with Crippen molar-refractivity contribution in [3.05, 3.63) is 65.2 Å². The molecule has 29 heavy (non-hydrogen) atoms. The molecule has 5 heteroatoms. The standard InChI is InChI=1S/C24H32N2O2S/c27-29(28,16-12-20-10-13-25-14-11-20)24-9-8-22-7-4-15-26(19-23(22)17-24)18-21-5-2-1-3-6-21/h1-3,5-6,8-9,17,20,25H,4,7,10-16,18-19H2. The van der Waals surface area contributed by atoms with Crippen molar-refractivity contribution in [1.29, 1.82) is 0 Å². The summed E-state index contributed by atoms with van der Waals surface area (Å²) in [5, 5.41) is 3.35. The van der Waals surface area contributed by atoms with E-state index in [2.05, 4.69) is 40.5 Å². The number of nitrogens with zero attached hydrogens (tertiary/aromatic N) is 1. The molecule has 0 spiro atoms. The van der Waals surface area contributed by atoms with Gasteiger partial charge in [-0.25, -0.2) is 8.42 Å². The molecular formula is C24H32N2O2S. The molecule has 2 aliphatic heterocycles. The maximum Gasteiger partial charge on any atom is 0.178 e. The van der Waals surface area contributed by atoms with E-state index in [4.69, 9.17) is 0 Å². The lowest BCUT2D eigenvalue weighted by atomic mass is 9.96. The molecule has 2 aromatic carbocycles. The molecular weight excluding hydrogens is 380 g/mol. The number of piperidine rings is 1. The highest BCUT2D eigenvalue weighted by molar-refractivity contribution is 7.91. The monoisotopic (exact) mass is 412 g/mol. The number of sulfone groups is 1. The number of hydrogen-bond donors (Lipinski definition) is 1. The summed E-state index contributed by atoms with van der Waals surface area (Å²) in [6.07, 6.45) is 5.10. The highest BCUT2D eigenvalue weighted by Gasteiger charge is 2.22. The molecule has 0 aliphatic carbocycles. The van der Waals surface area contributed by atoms with Crippen LogP contribution in [0.3, 0.4) is 0 Å². The van der Waals surface area contributed by atoms with Crippen LogP contribution < -0.4 is 5.32 Å². The van der Waals surface area contributed by atoms with Crippen LogP contribution in [0.15, 0.2) is 53.4 Å². The van der Waals surface area contributed by atoms with Crippen molar-refractivity contribution in [2.24, 2.45) is 5.92 Å². The van der Waals surface area contributed by atoms with E-state index >= 15 is 0 Å². The van der Waals surface area contributed by atoms with E-state index in [1.54, 1.807) is 0 Å². The molecule has 1 fully saturated rings. The molecule has 1 saturated heterocycles.